The Bertz CT molecular complexity index is 728. The molecule has 0 amide bonds. The standard InChI is InChI=1S/C18H21N3O2/c1-19-18(21-10-9-14-5-3-4-6-15(14)21)20-12-13-7-8-17(23-2)16(22)11-13/h3-8,11,22H,9-10,12H2,1-2H3,(H,19,20). The van der Waals surface area contributed by atoms with Gasteiger partial charge >= 0.3 is 0 Å². The highest BCUT2D eigenvalue weighted by atomic mass is 16.5. The lowest BCUT2D eigenvalue weighted by Crippen LogP contribution is -2.40. The summed E-state index contributed by atoms with van der Waals surface area (Å²) in [5.74, 6) is 1.46. The molecule has 3 rings (SSSR count). The van der Waals surface area contributed by atoms with Gasteiger partial charge in [-0.25, -0.2) is 0 Å². The molecule has 0 aromatic heterocycles. The SMILES string of the molecule is CN=C(NCc1ccc(OC)c(O)c1)N1CCc2ccccc21. The molecule has 0 bridgehead atoms. The van der Waals surface area contributed by atoms with Gasteiger partial charge in [-0.1, -0.05) is 24.3 Å². The van der Waals surface area contributed by atoms with Crippen molar-refractivity contribution in [3.8, 4) is 11.5 Å². The van der Waals surface area contributed by atoms with Gasteiger partial charge in [0.15, 0.2) is 17.5 Å². The van der Waals surface area contributed by atoms with Crippen LogP contribution in [0.5, 0.6) is 11.5 Å². The van der Waals surface area contributed by atoms with Gasteiger partial charge < -0.3 is 20.1 Å². The normalized spacial score (nSPS) is 13.8. The molecule has 120 valence electrons. The fourth-order valence-electron chi connectivity index (χ4n) is 2.88. The van der Waals surface area contributed by atoms with E-state index < -0.39 is 0 Å². The zero-order chi connectivity index (χ0) is 16.2. The van der Waals surface area contributed by atoms with Gasteiger partial charge in [0.25, 0.3) is 0 Å². The number of guanidine groups is 1. The molecule has 0 unspecified atom stereocenters. The molecule has 1 heterocycles. The smallest absolute Gasteiger partial charge is 0.198 e. The van der Waals surface area contributed by atoms with E-state index >= 15 is 0 Å². The fourth-order valence-corrected chi connectivity index (χ4v) is 2.88. The lowest BCUT2D eigenvalue weighted by atomic mass is 10.2. The maximum Gasteiger partial charge on any atom is 0.198 e. The number of nitrogens with one attached hydrogen (secondary N) is 1. The van der Waals surface area contributed by atoms with Crippen LogP contribution in [0.1, 0.15) is 11.1 Å². The first-order valence-electron chi connectivity index (χ1n) is 7.65. The Morgan fingerprint density at radius 1 is 1.30 bits per heavy atom. The maximum atomic E-state index is 9.86. The number of para-hydroxylation sites is 1. The van der Waals surface area contributed by atoms with Crippen LogP contribution in [-0.2, 0) is 13.0 Å². The molecule has 0 saturated carbocycles. The van der Waals surface area contributed by atoms with Gasteiger partial charge in [-0.2, -0.15) is 0 Å². The van der Waals surface area contributed by atoms with Crippen molar-refractivity contribution >= 4 is 11.6 Å². The second kappa shape index (κ2) is 6.60. The second-order valence-electron chi connectivity index (χ2n) is 5.44. The largest absolute Gasteiger partial charge is 0.504 e. The van der Waals surface area contributed by atoms with Crippen molar-refractivity contribution in [2.24, 2.45) is 4.99 Å². The van der Waals surface area contributed by atoms with Gasteiger partial charge in [-0.05, 0) is 35.7 Å². The van der Waals surface area contributed by atoms with E-state index in [4.69, 9.17) is 4.74 Å². The Kier molecular flexibility index (Phi) is 4.37. The van der Waals surface area contributed by atoms with Crippen molar-refractivity contribution in [1.82, 2.24) is 5.32 Å². The molecule has 23 heavy (non-hydrogen) atoms. The summed E-state index contributed by atoms with van der Waals surface area (Å²) < 4.78 is 5.06. The Labute approximate surface area is 136 Å². The third-order valence-electron chi connectivity index (χ3n) is 4.05. The Morgan fingerprint density at radius 3 is 2.87 bits per heavy atom. The quantitative estimate of drug-likeness (QED) is 0.675. The van der Waals surface area contributed by atoms with Crippen molar-refractivity contribution in [3.63, 3.8) is 0 Å². The average molecular weight is 311 g/mol. The molecule has 5 nitrogen and oxygen atoms in total. The van der Waals surface area contributed by atoms with Gasteiger partial charge in [0.2, 0.25) is 0 Å². The van der Waals surface area contributed by atoms with E-state index in [2.05, 4.69) is 33.4 Å². The summed E-state index contributed by atoms with van der Waals surface area (Å²) >= 11 is 0. The number of fused-ring (bicyclic) bond motifs is 1. The molecular weight excluding hydrogens is 290 g/mol. The highest BCUT2D eigenvalue weighted by Crippen LogP contribution is 2.28. The second-order valence-corrected chi connectivity index (χ2v) is 5.44. The molecule has 2 N–H and O–H groups in total. The minimum atomic E-state index is 0.147. The van der Waals surface area contributed by atoms with Crippen molar-refractivity contribution in [2.75, 3.05) is 25.6 Å². The number of rotatable bonds is 3. The van der Waals surface area contributed by atoms with Crippen LogP contribution in [0.3, 0.4) is 0 Å². The molecule has 0 radical (unpaired) electrons. The summed E-state index contributed by atoms with van der Waals surface area (Å²) in [6.07, 6.45) is 1.03. The summed E-state index contributed by atoms with van der Waals surface area (Å²) in [6, 6.07) is 13.8. The van der Waals surface area contributed by atoms with Crippen molar-refractivity contribution < 1.29 is 9.84 Å². The first kappa shape index (κ1) is 15.2. The van der Waals surface area contributed by atoms with E-state index in [-0.39, 0.29) is 5.75 Å². The van der Waals surface area contributed by atoms with Crippen LogP contribution in [0.2, 0.25) is 0 Å². The van der Waals surface area contributed by atoms with Crippen LogP contribution >= 0.6 is 0 Å². The van der Waals surface area contributed by atoms with Crippen LogP contribution in [0.4, 0.5) is 5.69 Å². The summed E-state index contributed by atoms with van der Waals surface area (Å²) in [4.78, 5) is 6.58. The van der Waals surface area contributed by atoms with Gasteiger partial charge in [0, 0.05) is 25.8 Å². The van der Waals surface area contributed by atoms with E-state index in [0.29, 0.717) is 12.3 Å². The van der Waals surface area contributed by atoms with E-state index in [1.165, 1.54) is 11.3 Å². The van der Waals surface area contributed by atoms with Crippen LogP contribution in [-0.4, -0.2) is 31.8 Å². The van der Waals surface area contributed by atoms with Crippen LogP contribution in [0.15, 0.2) is 47.5 Å². The number of phenolic OH excluding ortho intramolecular Hbond substituents is 1. The average Bonchev–Trinajstić information content (AvgIpc) is 3.00. The molecule has 0 spiro atoms. The molecule has 2 aromatic rings. The van der Waals surface area contributed by atoms with Gasteiger partial charge in [0.1, 0.15) is 0 Å². The van der Waals surface area contributed by atoms with Crippen LogP contribution < -0.4 is 15.0 Å². The molecule has 0 saturated heterocycles. The molecule has 0 fully saturated rings. The number of nitrogens with zero attached hydrogens (tertiary/aromatic N) is 2. The highest BCUT2D eigenvalue weighted by molar-refractivity contribution is 5.97. The number of anilines is 1. The number of hydrogen-bond donors (Lipinski definition) is 2. The topological polar surface area (TPSA) is 57.1 Å². The van der Waals surface area contributed by atoms with E-state index in [9.17, 15) is 5.11 Å². The third-order valence-corrected chi connectivity index (χ3v) is 4.05. The maximum absolute atomic E-state index is 9.86. The van der Waals surface area contributed by atoms with Crippen LogP contribution in [0.25, 0.3) is 0 Å². The number of benzene rings is 2. The van der Waals surface area contributed by atoms with Gasteiger partial charge in [-0.3, -0.25) is 4.99 Å². The number of phenols is 1. The van der Waals surface area contributed by atoms with E-state index in [0.717, 1.165) is 24.5 Å². The molecule has 0 aliphatic carbocycles. The fraction of sp³-hybridized carbons (Fsp3) is 0.278. The lowest BCUT2D eigenvalue weighted by Gasteiger charge is -2.22. The summed E-state index contributed by atoms with van der Waals surface area (Å²) in [7, 11) is 3.33. The molecule has 5 heteroatoms. The Morgan fingerprint density at radius 2 is 2.13 bits per heavy atom. The number of aromatic hydroxyl groups is 1. The van der Waals surface area contributed by atoms with Crippen molar-refractivity contribution in [1.29, 1.82) is 0 Å². The monoisotopic (exact) mass is 311 g/mol. The van der Waals surface area contributed by atoms with Crippen LogP contribution in [0, 0.1) is 0 Å². The zero-order valence-corrected chi connectivity index (χ0v) is 13.4. The summed E-state index contributed by atoms with van der Waals surface area (Å²) in [5.41, 5.74) is 3.52. The minimum absolute atomic E-state index is 0.147. The first-order valence-corrected chi connectivity index (χ1v) is 7.65. The Balaban J connectivity index is 1.71. The Hall–Kier alpha value is -2.69. The first-order chi connectivity index (χ1) is 11.2. The molecule has 0 atom stereocenters. The molecule has 2 aromatic carbocycles. The summed E-state index contributed by atoms with van der Waals surface area (Å²) in [5, 5.41) is 13.2. The zero-order valence-electron chi connectivity index (χ0n) is 13.4. The lowest BCUT2D eigenvalue weighted by molar-refractivity contribution is 0.373. The molecular formula is C18H21N3O2. The molecule has 1 aliphatic rings. The highest BCUT2D eigenvalue weighted by Gasteiger charge is 2.22. The third kappa shape index (κ3) is 3.08. The van der Waals surface area contributed by atoms with Gasteiger partial charge in [-0.15, -0.1) is 0 Å². The number of hydrogen-bond acceptors (Lipinski definition) is 3. The predicted molar refractivity (Wildman–Crippen MR) is 92.3 cm³/mol. The van der Waals surface area contributed by atoms with Gasteiger partial charge in [0.05, 0.1) is 7.11 Å². The van der Waals surface area contributed by atoms with E-state index in [1.54, 1.807) is 26.3 Å². The van der Waals surface area contributed by atoms with Crippen molar-refractivity contribution in [3.05, 3.63) is 53.6 Å². The predicted octanol–water partition coefficient (Wildman–Crippen LogP) is 2.54. The number of ether oxygens (including phenoxy) is 1. The molecule has 1 aliphatic heterocycles. The number of methoxy groups -OCH3 is 1. The van der Waals surface area contributed by atoms with Crippen molar-refractivity contribution in [2.45, 2.75) is 13.0 Å². The minimum Gasteiger partial charge on any atom is -0.504 e. The summed E-state index contributed by atoms with van der Waals surface area (Å²) in [6.45, 7) is 1.51. The van der Waals surface area contributed by atoms with E-state index in [1.807, 2.05) is 12.1 Å². The number of aliphatic imine (C=N–C) groups is 1.